The molecule has 3 rings (SSSR count). The lowest BCUT2D eigenvalue weighted by atomic mass is 10.1. The van der Waals surface area contributed by atoms with Crippen molar-refractivity contribution in [1.82, 2.24) is 3.97 Å². The Balaban J connectivity index is 2.24. The van der Waals surface area contributed by atoms with Crippen LogP contribution >= 0.6 is 0 Å². The quantitative estimate of drug-likeness (QED) is 0.697. The fraction of sp³-hybridized carbons (Fsp3) is 0.0625. The second-order valence-electron chi connectivity index (χ2n) is 4.66. The van der Waals surface area contributed by atoms with Gasteiger partial charge < -0.3 is 4.74 Å². The smallest absolute Gasteiger partial charge is 0.338 e. The molecule has 1 heterocycles. The molecule has 5 nitrogen and oxygen atoms in total. The summed E-state index contributed by atoms with van der Waals surface area (Å²) in [6.07, 6.45) is 1.44. The SMILES string of the molecule is COC(=O)c1cccc2c1ccn2S(=O)(=O)c1ccccc1. The lowest BCUT2D eigenvalue weighted by Crippen LogP contribution is -2.11. The van der Waals surface area contributed by atoms with Crippen molar-refractivity contribution in [3.05, 3.63) is 66.4 Å². The van der Waals surface area contributed by atoms with E-state index >= 15 is 0 Å². The molecule has 0 fully saturated rings. The molecular weight excluding hydrogens is 302 g/mol. The van der Waals surface area contributed by atoms with E-state index in [2.05, 4.69) is 0 Å². The Hall–Kier alpha value is -2.60. The van der Waals surface area contributed by atoms with Crippen LogP contribution in [0, 0.1) is 0 Å². The predicted octanol–water partition coefficient (Wildman–Crippen LogP) is 2.66. The van der Waals surface area contributed by atoms with Crippen molar-refractivity contribution in [3.8, 4) is 0 Å². The van der Waals surface area contributed by atoms with Crippen molar-refractivity contribution in [1.29, 1.82) is 0 Å². The summed E-state index contributed by atoms with van der Waals surface area (Å²) in [7, 11) is -2.42. The first kappa shape index (κ1) is 14.3. The van der Waals surface area contributed by atoms with Gasteiger partial charge in [-0.2, -0.15) is 0 Å². The first-order valence-corrected chi connectivity index (χ1v) is 7.99. The number of fused-ring (bicyclic) bond motifs is 1. The highest BCUT2D eigenvalue weighted by molar-refractivity contribution is 7.90. The van der Waals surface area contributed by atoms with Crippen LogP contribution in [0.25, 0.3) is 10.9 Å². The van der Waals surface area contributed by atoms with Crippen LogP contribution in [0.4, 0.5) is 0 Å². The zero-order valence-corrected chi connectivity index (χ0v) is 12.6. The fourth-order valence-electron chi connectivity index (χ4n) is 2.35. The van der Waals surface area contributed by atoms with Gasteiger partial charge in [0.15, 0.2) is 0 Å². The van der Waals surface area contributed by atoms with Gasteiger partial charge in [0, 0.05) is 11.6 Å². The van der Waals surface area contributed by atoms with Crippen molar-refractivity contribution in [3.63, 3.8) is 0 Å². The molecule has 22 heavy (non-hydrogen) atoms. The molecule has 0 radical (unpaired) electrons. The van der Waals surface area contributed by atoms with Crippen LogP contribution in [-0.2, 0) is 14.8 Å². The van der Waals surface area contributed by atoms with Gasteiger partial charge in [0.2, 0.25) is 0 Å². The number of rotatable bonds is 3. The summed E-state index contributed by atoms with van der Waals surface area (Å²) >= 11 is 0. The van der Waals surface area contributed by atoms with E-state index in [4.69, 9.17) is 4.74 Å². The number of methoxy groups -OCH3 is 1. The third kappa shape index (κ3) is 2.17. The molecule has 0 saturated heterocycles. The molecule has 0 aliphatic carbocycles. The number of benzene rings is 2. The summed E-state index contributed by atoms with van der Waals surface area (Å²) < 4.78 is 31.3. The zero-order chi connectivity index (χ0) is 15.7. The molecule has 0 saturated carbocycles. The van der Waals surface area contributed by atoms with E-state index in [1.807, 2.05) is 0 Å². The molecule has 112 valence electrons. The van der Waals surface area contributed by atoms with E-state index in [-0.39, 0.29) is 4.90 Å². The second kappa shape index (κ2) is 5.31. The molecule has 0 bridgehead atoms. The summed E-state index contributed by atoms with van der Waals surface area (Å²) in [6, 6.07) is 14.6. The Kier molecular flexibility index (Phi) is 3.46. The molecule has 6 heteroatoms. The first-order valence-electron chi connectivity index (χ1n) is 6.55. The van der Waals surface area contributed by atoms with Gasteiger partial charge in [0.1, 0.15) is 0 Å². The van der Waals surface area contributed by atoms with Gasteiger partial charge >= 0.3 is 5.97 Å². The van der Waals surface area contributed by atoms with Crippen LogP contribution in [0.2, 0.25) is 0 Å². The van der Waals surface area contributed by atoms with E-state index in [0.29, 0.717) is 16.5 Å². The molecule has 0 aliphatic heterocycles. The zero-order valence-electron chi connectivity index (χ0n) is 11.8. The number of nitrogens with zero attached hydrogens (tertiary/aromatic N) is 1. The highest BCUT2D eigenvalue weighted by Gasteiger charge is 2.20. The normalized spacial score (nSPS) is 11.5. The summed E-state index contributed by atoms with van der Waals surface area (Å²) in [5, 5.41) is 0.536. The maximum atomic E-state index is 12.7. The summed E-state index contributed by atoms with van der Waals surface area (Å²) in [4.78, 5) is 12.0. The van der Waals surface area contributed by atoms with Crippen LogP contribution in [0.5, 0.6) is 0 Å². The van der Waals surface area contributed by atoms with E-state index in [1.54, 1.807) is 42.5 Å². The molecule has 1 aromatic heterocycles. The minimum absolute atomic E-state index is 0.191. The number of aromatic nitrogens is 1. The third-order valence-electron chi connectivity index (χ3n) is 3.40. The van der Waals surface area contributed by atoms with Crippen LogP contribution in [0.1, 0.15) is 10.4 Å². The van der Waals surface area contributed by atoms with Crippen molar-refractivity contribution < 1.29 is 17.9 Å². The standard InChI is InChI=1S/C16H13NO4S/c1-21-16(18)14-8-5-9-15-13(14)10-11-17(15)22(19,20)12-6-3-2-4-7-12/h2-11H,1H3. The molecule has 2 aromatic carbocycles. The third-order valence-corrected chi connectivity index (χ3v) is 5.11. The summed E-state index contributed by atoms with van der Waals surface area (Å²) in [5.41, 5.74) is 0.772. The molecule has 0 aliphatic rings. The van der Waals surface area contributed by atoms with Crippen molar-refractivity contribution >= 4 is 26.9 Å². The van der Waals surface area contributed by atoms with Crippen LogP contribution in [-0.4, -0.2) is 25.5 Å². The maximum Gasteiger partial charge on any atom is 0.338 e. The molecule has 3 aromatic rings. The molecule has 0 N–H and O–H groups in total. The largest absolute Gasteiger partial charge is 0.465 e. The average molecular weight is 315 g/mol. The van der Waals surface area contributed by atoms with Crippen LogP contribution in [0.15, 0.2) is 65.7 Å². The number of esters is 1. The Morgan fingerprint density at radius 1 is 1.00 bits per heavy atom. The Morgan fingerprint density at radius 3 is 2.41 bits per heavy atom. The minimum Gasteiger partial charge on any atom is -0.465 e. The van der Waals surface area contributed by atoms with Gasteiger partial charge in [0.05, 0.1) is 23.1 Å². The Labute approximate surface area is 127 Å². The highest BCUT2D eigenvalue weighted by atomic mass is 32.2. The number of carbonyl (C=O) groups excluding carboxylic acids is 1. The maximum absolute atomic E-state index is 12.7. The topological polar surface area (TPSA) is 65.4 Å². The van der Waals surface area contributed by atoms with Crippen molar-refractivity contribution in [2.24, 2.45) is 0 Å². The number of hydrogen-bond donors (Lipinski definition) is 0. The highest BCUT2D eigenvalue weighted by Crippen LogP contribution is 2.25. The number of carbonyl (C=O) groups is 1. The lowest BCUT2D eigenvalue weighted by molar-refractivity contribution is 0.0603. The van der Waals surface area contributed by atoms with Gasteiger partial charge in [-0.15, -0.1) is 0 Å². The van der Waals surface area contributed by atoms with Gasteiger partial charge in [-0.05, 0) is 30.3 Å². The Bertz CT molecular complexity index is 943. The Morgan fingerprint density at radius 2 is 1.73 bits per heavy atom. The molecule has 0 amide bonds. The van der Waals surface area contributed by atoms with Gasteiger partial charge in [-0.25, -0.2) is 17.2 Å². The van der Waals surface area contributed by atoms with E-state index in [0.717, 1.165) is 0 Å². The van der Waals surface area contributed by atoms with Crippen LogP contribution < -0.4 is 0 Å². The summed E-state index contributed by atoms with van der Waals surface area (Å²) in [6.45, 7) is 0. The monoisotopic (exact) mass is 315 g/mol. The predicted molar refractivity (Wildman–Crippen MR) is 82.3 cm³/mol. The van der Waals surface area contributed by atoms with E-state index in [1.165, 1.54) is 29.4 Å². The van der Waals surface area contributed by atoms with Crippen molar-refractivity contribution in [2.45, 2.75) is 4.90 Å². The lowest BCUT2D eigenvalue weighted by Gasteiger charge is -2.08. The molecule has 0 unspecified atom stereocenters. The van der Waals surface area contributed by atoms with E-state index in [9.17, 15) is 13.2 Å². The van der Waals surface area contributed by atoms with Crippen molar-refractivity contribution in [2.75, 3.05) is 7.11 Å². The second-order valence-corrected chi connectivity index (χ2v) is 6.47. The average Bonchev–Trinajstić information content (AvgIpc) is 2.99. The van der Waals surface area contributed by atoms with Gasteiger partial charge in [0.25, 0.3) is 10.0 Å². The molecule has 0 spiro atoms. The molecular formula is C16H13NO4S. The minimum atomic E-state index is -3.71. The van der Waals surface area contributed by atoms with Gasteiger partial charge in [-0.1, -0.05) is 24.3 Å². The number of hydrogen-bond acceptors (Lipinski definition) is 4. The first-order chi connectivity index (χ1) is 10.6. The summed E-state index contributed by atoms with van der Waals surface area (Å²) in [5.74, 6) is -0.500. The number of ether oxygens (including phenoxy) is 1. The van der Waals surface area contributed by atoms with E-state index < -0.39 is 16.0 Å². The van der Waals surface area contributed by atoms with Gasteiger partial charge in [-0.3, -0.25) is 0 Å². The van der Waals surface area contributed by atoms with Crippen LogP contribution in [0.3, 0.4) is 0 Å². The fourth-order valence-corrected chi connectivity index (χ4v) is 3.71. The molecule has 0 atom stereocenters.